The first-order valence-electron chi connectivity index (χ1n) is 21.8. The summed E-state index contributed by atoms with van der Waals surface area (Å²) in [5.41, 5.74) is 1.69. The van der Waals surface area contributed by atoms with Crippen LogP contribution in [0.1, 0.15) is 270 Å². The second kappa shape index (κ2) is 33.4. The average Bonchev–Trinajstić information content (AvgIpc) is 3.11. The Labute approximate surface area is 305 Å². The number of carbonyl (C=O) groups excluding carboxylic acids is 3. The van der Waals surface area contributed by atoms with Crippen molar-refractivity contribution in [3.05, 3.63) is 34.9 Å². The largest absolute Gasteiger partial charge is 0.294 e. The molecule has 3 heteroatoms. The van der Waals surface area contributed by atoms with Crippen LogP contribution >= 0.6 is 0 Å². The minimum atomic E-state index is 0.0797. The molecule has 1 aromatic carbocycles. The van der Waals surface area contributed by atoms with Gasteiger partial charge in [-0.1, -0.05) is 201 Å². The summed E-state index contributed by atoms with van der Waals surface area (Å²) in [4.78, 5) is 39.9. The van der Waals surface area contributed by atoms with E-state index in [9.17, 15) is 14.4 Å². The molecule has 49 heavy (non-hydrogen) atoms. The van der Waals surface area contributed by atoms with Gasteiger partial charge in [0.1, 0.15) is 0 Å². The van der Waals surface area contributed by atoms with Gasteiger partial charge in [-0.3, -0.25) is 14.4 Å². The average molecular weight is 681 g/mol. The molecule has 1 rings (SSSR count). The summed E-state index contributed by atoms with van der Waals surface area (Å²) in [5, 5.41) is 0. The minimum absolute atomic E-state index is 0.0797. The molecule has 3 nitrogen and oxygen atoms in total. The van der Waals surface area contributed by atoms with Crippen LogP contribution in [0.4, 0.5) is 0 Å². The summed E-state index contributed by atoms with van der Waals surface area (Å²) in [6.45, 7) is 6.78. The zero-order chi connectivity index (χ0) is 35.6. The Morgan fingerprint density at radius 3 is 0.633 bits per heavy atom. The van der Waals surface area contributed by atoms with E-state index in [4.69, 9.17) is 0 Å². The predicted octanol–water partition coefficient (Wildman–Crippen LogP) is 15.6. The number of unbranched alkanes of at least 4 members (excludes halogenated alkanes) is 28. The Morgan fingerprint density at radius 1 is 0.286 bits per heavy atom. The van der Waals surface area contributed by atoms with Gasteiger partial charge in [0, 0.05) is 36.0 Å². The Hall–Kier alpha value is -1.77. The maximum atomic E-state index is 13.3. The number of rotatable bonds is 37. The van der Waals surface area contributed by atoms with Gasteiger partial charge in [-0.25, -0.2) is 0 Å². The molecule has 0 aromatic heterocycles. The maximum Gasteiger partial charge on any atom is 0.162 e. The van der Waals surface area contributed by atoms with Crippen LogP contribution in [0.2, 0.25) is 0 Å². The van der Waals surface area contributed by atoms with E-state index in [-0.39, 0.29) is 17.3 Å². The maximum absolute atomic E-state index is 13.3. The van der Waals surface area contributed by atoms with Crippen molar-refractivity contribution >= 4 is 17.3 Å². The van der Waals surface area contributed by atoms with E-state index in [0.29, 0.717) is 36.0 Å². The van der Waals surface area contributed by atoms with Crippen LogP contribution in [0.3, 0.4) is 0 Å². The molecule has 0 atom stereocenters. The topological polar surface area (TPSA) is 51.2 Å². The third kappa shape index (κ3) is 25.8. The first kappa shape index (κ1) is 45.3. The predicted molar refractivity (Wildman–Crippen MR) is 213 cm³/mol. The molecule has 0 saturated heterocycles. The summed E-state index contributed by atoms with van der Waals surface area (Å²) in [6.07, 6.45) is 40.0. The summed E-state index contributed by atoms with van der Waals surface area (Å²) in [7, 11) is 0. The lowest BCUT2D eigenvalue weighted by molar-refractivity contribution is 0.0978. The minimum Gasteiger partial charge on any atom is -0.294 e. The van der Waals surface area contributed by atoms with E-state index in [1.165, 1.54) is 161 Å². The lowest BCUT2D eigenvalue weighted by Crippen LogP contribution is -2.09. The number of ketones is 3. The Balaban J connectivity index is 2.58. The highest BCUT2D eigenvalue weighted by Crippen LogP contribution is 2.21. The molecule has 0 bridgehead atoms. The molecular formula is C46H80O3. The van der Waals surface area contributed by atoms with Gasteiger partial charge < -0.3 is 0 Å². The van der Waals surface area contributed by atoms with Gasteiger partial charge in [-0.15, -0.1) is 0 Å². The molecular weight excluding hydrogens is 601 g/mol. The van der Waals surface area contributed by atoms with Gasteiger partial charge in [0.2, 0.25) is 0 Å². The van der Waals surface area contributed by atoms with Gasteiger partial charge in [0.15, 0.2) is 17.3 Å². The van der Waals surface area contributed by atoms with Gasteiger partial charge in [0.05, 0.1) is 0 Å². The highest BCUT2D eigenvalue weighted by molar-refractivity contribution is 6.06. The zero-order valence-corrected chi connectivity index (χ0v) is 33.0. The fraction of sp³-hybridized carbons (Fsp3) is 0.804. The van der Waals surface area contributed by atoms with E-state index in [2.05, 4.69) is 20.8 Å². The number of Topliss-reactive ketones (excluding diaryl/α,β-unsaturated/α-hetero) is 3. The fourth-order valence-corrected chi connectivity index (χ4v) is 7.04. The smallest absolute Gasteiger partial charge is 0.162 e. The van der Waals surface area contributed by atoms with Gasteiger partial charge in [-0.2, -0.15) is 0 Å². The summed E-state index contributed by atoms with van der Waals surface area (Å²) in [6, 6.07) is 5.36. The summed E-state index contributed by atoms with van der Waals surface area (Å²) in [5.74, 6) is 0.241. The third-order valence-corrected chi connectivity index (χ3v) is 10.4. The van der Waals surface area contributed by atoms with Crippen LogP contribution in [0.5, 0.6) is 0 Å². The van der Waals surface area contributed by atoms with Crippen molar-refractivity contribution in [2.75, 3.05) is 0 Å². The lowest BCUT2D eigenvalue weighted by Gasteiger charge is -2.10. The molecule has 0 aliphatic heterocycles. The molecule has 0 heterocycles. The Kier molecular flexibility index (Phi) is 30.8. The third-order valence-electron chi connectivity index (χ3n) is 10.4. The lowest BCUT2D eigenvalue weighted by atomic mass is 9.93. The molecule has 0 amide bonds. The van der Waals surface area contributed by atoms with Crippen molar-refractivity contribution in [1.82, 2.24) is 0 Å². The van der Waals surface area contributed by atoms with E-state index in [0.717, 1.165) is 38.5 Å². The number of carbonyl (C=O) groups is 3. The molecule has 0 N–H and O–H groups in total. The number of hydrogen-bond acceptors (Lipinski definition) is 3. The highest BCUT2D eigenvalue weighted by atomic mass is 16.1. The fourth-order valence-electron chi connectivity index (χ4n) is 7.04. The van der Waals surface area contributed by atoms with Crippen molar-refractivity contribution in [3.63, 3.8) is 0 Å². The molecule has 0 fully saturated rings. The Bertz CT molecular complexity index is 891. The second-order valence-corrected chi connectivity index (χ2v) is 15.2. The molecule has 1 aromatic rings. The molecule has 0 spiro atoms. The van der Waals surface area contributed by atoms with Crippen LogP contribution < -0.4 is 0 Å². The van der Waals surface area contributed by atoms with Crippen molar-refractivity contribution in [2.24, 2.45) is 0 Å². The van der Waals surface area contributed by atoms with Gasteiger partial charge >= 0.3 is 0 Å². The SMILES string of the molecule is CCCCCCCCCCCCCC(=O)c1cc(C(=O)CCCCCCCCCCC)cc(C(=O)CCCCCCCCCCCCC)c1. The van der Waals surface area contributed by atoms with Crippen LogP contribution in [0, 0.1) is 0 Å². The van der Waals surface area contributed by atoms with Gasteiger partial charge in [-0.05, 0) is 37.5 Å². The van der Waals surface area contributed by atoms with Crippen molar-refractivity contribution in [1.29, 1.82) is 0 Å². The quantitative estimate of drug-likeness (QED) is 0.0519. The molecule has 0 aliphatic rings. The standard InChI is InChI=1S/C46H80O3/c1-4-7-10-13-16-19-21-24-27-30-33-36-45(48)42-38-41(44(47)35-32-29-26-23-18-15-12-9-6-3)39-43(40-42)46(49)37-34-31-28-25-22-20-17-14-11-8-5-2/h38-40H,4-37H2,1-3H3. The Morgan fingerprint density at radius 2 is 0.449 bits per heavy atom. The van der Waals surface area contributed by atoms with Crippen LogP contribution in [0.15, 0.2) is 18.2 Å². The normalized spacial score (nSPS) is 11.3. The van der Waals surface area contributed by atoms with Gasteiger partial charge in [0.25, 0.3) is 0 Å². The zero-order valence-electron chi connectivity index (χ0n) is 33.0. The van der Waals surface area contributed by atoms with E-state index >= 15 is 0 Å². The first-order chi connectivity index (χ1) is 24.0. The summed E-state index contributed by atoms with van der Waals surface area (Å²) >= 11 is 0. The van der Waals surface area contributed by atoms with Crippen molar-refractivity contribution in [3.8, 4) is 0 Å². The van der Waals surface area contributed by atoms with Crippen LogP contribution in [0.25, 0.3) is 0 Å². The van der Waals surface area contributed by atoms with E-state index in [1.807, 2.05) is 0 Å². The first-order valence-corrected chi connectivity index (χ1v) is 21.8. The molecule has 0 unspecified atom stereocenters. The monoisotopic (exact) mass is 681 g/mol. The van der Waals surface area contributed by atoms with Crippen LogP contribution in [-0.4, -0.2) is 17.3 Å². The summed E-state index contributed by atoms with van der Waals surface area (Å²) < 4.78 is 0. The second-order valence-electron chi connectivity index (χ2n) is 15.2. The molecule has 0 radical (unpaired) electrons. The van der Waals surface area contributed by atoms with Crippen LogP contribution in [-0.2, 0) is 0 Å². The highest BCUT2D eigenvalue weighted by Gasteiger charge is 2.16. The molecule has 0 aliphatic carbocycles. The van der Waals surface area contributed by atoms with E-state index in [1.54, 1.807) is 18.2 Å². The molecule has 0 saturated carbocycles. The molecule has 282 valence electrons. The van der Waals surface area contributed by atoms with Crippen molar-refractivity contribution < 1.29 is 14.4 Å². The van der Waals surface area contributed by atoms with E-state index < -0.39 is 0 Å². The number of benzene rings is 1. The van der Waals surface area contributed by atoms with Crippen molar-refractivity contribution in [2.45, 2.75) is 239 Å². The number of hydrogen-bond donors (Lipinski definition) is 0.